The van der Waals surface area contributed by atoms with E-state index in [0.717, 1.165) is 13.1 Å². The summed E-state index contributed by atoms with van der Waals surface area (Å²) in [6, 6.07) is 21.3. The minimum Gasteiger partial charge on any atom is -0.339 e. The zero-order chi connectivity index (χ0) is 23.0. The third kappa shape index (κ3) is 6.19. The van der Waals surface area contributed by atoms with Crippen LogP contribution in [0.2, 0.25) is 0 Å². The van der Waals surface area contributed by atoms with E-state index in [9.17, 15) is 9.59 Å². The number of thioether (sulfide) groups is 1. The molecule has 1 saturated heterocycles. The van der Waals surface area contributed by atoms with Crippen molar-refractivity contribution in [2.75, 3.05) is 37.2 Å². The molecule has 2 heterocycles. The SMILES string of the molecule is CCC(=O)Nc1nnc(SCC(=O)N2CCN(C(c3ccccc3)c3ccccc3)CC2)s1. The molecule has 7 nitrogen and oxygen atoms in total. The minimum absolute atomic E-state index is 0.0963. The number of amides is 2. The van der Waals surface area contributed by atoms with Crippen LogP contribution < -0.4 is 5.32 Å². The number of piperazine rings is 1. The Labute approximate surface area is 202 Å². The van der Waals surface area contributed by atoms with Gasteiger partial charge < -0.3 is 10.2 Å². The highest BCUT2D eigenvalue weighted by Crippen LogP contribution is 2.30. The van der Waals surface area contributed by atoms with E-state index in [4.69, 9.17) is 0 Å². The fourth-order valence-corrected chi connectivity index (χ4v) is 5.53. The first kappa shape index (κ1) is 23.4. The van der Waals surface area contributed by atoms with Crippen molar-refractivity contribution in [3.05, 3.63) is 71.8 Å². The second-order valence-corrected chi connectivity index (χ2v) is 9.90. The topological polar surface area (TPSA) is 78.4 Å². The number of hydrogen-bond donors (Lipinski definition) is 1. The highest BCUT2D eigenvalue weighted by atomic mass is 32.2. The van der Waals surface area contributed by atoms with E-state index in [1.807, 2.05) is 17.0 Å². The van der Waals surface area contributed by atoms with Gasteiger partial charge in [0.2, 0.25) is 16.9 Å². The lowest BCUT2D eigenvalue weighted by Gasteiger charge is -2.39. The van der Waals surface area contributed by atoms with Gasteiger partial charge in [-0.25, -0.2) is 0 Å². The monoisotopic (exact) mass is 481 g/mol. The van der Waals surface area contributed by atoms with Crippen LogP contribution in [0.15, 0.2) is 65.0 Å². The average molecular weight is 482 g/mol. The number of rotatable bonds is 8. The normalized spacial score (nSPS) is 14.4. The quantitative estimate of drug-likeness (QED) is 0.388. The molecule has 3 aromatic rings. The van der Waals surface area contributed by atoms with E-state index >= 15 is 0 Å². The molecule has 2 aromatic carbocycles. The number of benzene rings is 2. The summed E-state index contributed by atoms with van der Waals surface area (Å²) < 4.78 is 0.682. The lowest BCUT2D eigenvalue weighted by atomic mass is 9.96. The highest BCUT2D eigenvalue weighted by molar-refractivity contribution is 8.01. The van der Waals surface area contributed by atoms with Crippen molar-refractivity contribution in [1.82, 2.24) is 20.0 Å². The molecule has 2 amide bonds. The molecule has 33 heavy (non-hydrogen) atoms. The Kier molecular flexibility index (Phi) is 8.09. The van der Waals surface area contributed by atoms with Gasteiger partial charge in [-0.3, -0.25) is 14.5 Å². The maximum absolute atomic E-state index is 12.8. The fraction of sp³-hybridized carbons (Fsp3) is 0.333. The van der Waals surface area contributed by atoms with Crippen molar-refractivity contribution in [3.63, 3.8) is 0 Å². The summed E-state index contributed by atoms with van der Waals surface area (Å²) in [5.74, 6) is 0.322. The molecule has 0 atom stereocenters. The second kappa shape index (κ2) is 11.4. The zero-order valence-electron chi connectivity index (χ0n) is 18.5. The van der Waals surface area contributed by atoms with Crippen LogP contribution >= 0.6 is 23.1 Å². The van der Waals surface area contributed by atoms with E-state index in [1.165, 1.54) is 34.2 Å². The van der Waals surface area contributed by atoms with Gasteiger partial charge in [0.25, 0.3) is 0 Å². The van der Waals surface area contributed by atoms with E-state index in [2.05, 4.69) is 68.9 Å². The van der Waals surface area contributed by atoms with Gasteiger partial charge in [0.05, 0.1) is 11.8 Å². The summed E-state index contributed by atoms with van der Waals surface area (Å²) in [6.07, 6.45) is 0.391. The smallest absolute Gasteiger partial charge is 0.233 e. The Hall–Kier alpha value is -2.75. The predicted octanol–water partition coefficient (Wildman–Crippen LogP) is 3.91. The van der Waals surface area contributed by atoms with Gasteiger partial charge >= 0.3 is 0 Å². The Balaban J connectivity index is 1.33. The maximum Gasteiger partial charge on any atom is 0.233 e. The van der Waals surface area contributed by atoms with Gasteiger partial charge in [-0.1, -0.05) is 90.7 Å². The fourth-order valence-electron chi connectivity index (χ4n) is 3.86. The zero-order valence-corrected chi connectivity index (χ0v) is 20.1. The molecule has 0 saturated carbocycles. The predicted molar refractivity (Wildman–Crippen MR) is 132 cm³/mol. The lowest BCUT2D eigenvalue weighted by Crippen LogP contribution is -2.50. The summed E-state index contributed by atoms with van der Waals surface area (Å²) in [5.41, 5.74) is 2.53. The standard InChI is InChI=1S/C24H27N5O2S2/c1-2-20(30)25-23-26-27-24(33-23)32-17-21(31)28-13-15-29(16-14-28)22(18-9-5-3-6-10-18)19-11-7-4-8-12-19/h3-12,22H,2,13-17H2,1H3,(H,25,26,30). The molecule has 1 fully saturated rings. The highest BCUT2D eigenvalue weighted by Gasteiger charge is 2.28. The summed E-state index contributed by atoms with van der Waals surface area (Å²) in [6.45, 7) is 4.81. The van der Waals surface area contributed by atoms with Crippen LogP contribution in [0.3, 0.4) is 0 Å². The van der Waals surface area contributed by atoms with Crippen molar-refractivity contribution >= 4 is 40.0 Å². The molecule has 172 valence electrons. The molecule has 0 spiro atoms. The maximum atomic E-state index is 12.8. The molecule has 1 aliphatic rings. The Morgan fingerprint density at radius 3 is 2.15 bits per heavy atom. The first-order valence-corrected chi connectivity index (χ1v) is 12.8. The average Bonchev–Trinajstić information content (AvgIpc) is 3.31. The molecule has 0 aliphatic carbocycles. The molecule has 0 radical (unpaired) electrons. The number of nitrogens with zero attached hydrogens (tertiary/aromatic N) is 4. The number of anilines is 1. The van der Waals surface area contributed by atoms with Crippen LogP contribution in [0.5, 0.6) is 0 Å². The summed E-state index contributed by atoms with van der Waals surface area (Å²) in [4.78, 5) is 28.6. The third-order valence-electron chi connectivity index (χ3n) is 5.56. The van der Waals surface area contributed by atoms with Crippen molar-refractivity contribution < 1.29 is 9.59 Å². The van der Waals surface area contributed by atoms with E-state index in [0.29, 0.717) is 34.7 Å². The van der Waals surface area contributed by atoms with Crippen LogP contribution in [0.4, 0.5) is 5.13 Å². The number of nitrogens with one attached hydrogen (secondary N) is 1. The largest absolute Gasteiger partial charge is 0.339 e. The summed E-state index contributed by atoms with van der Waals surface area (Å²) in [7, 11) is 0. The second-order valence-electron chi connectivity index (χ2n) is 7.70. The molecule has 9 heteroatoms. The van der Waals surface area contributed by atoms with Crippen LogP contribution in [0.1, 0.15) is 30.5 Å². The Morgan fingerprint density at radius 1 is 0.970 bits per heavy atom. The van der Waals surface area contributed by atoms with Crippen LogP contribution in [-0.2, 0) is 9.59 Å². The summed E-state index contributed by atoms with van der Waals surface area (Å²) in [5, 5.41) is 11.2. The molecule has 4 rings (SSSR count). The molecule has 0 bridgehead atoms. The Bertz CT molecular complexity index is 1010. The van der Waals surface area contributed by atoms with Gasteiger partial charge in [0, 0.05) is 32.6 Å². The van der Waals surface area contributed by atoms with Gasteiger partial charge in [-0.2, -0.15) is 0 Å². The van der Waals surface area contributed by atoms with E-state index in [-0.39, 0.29) is 17.9 Å². The van der Waals surface area contributed by atoms with Gasteiger partial charge in [-0.15, -0.1) is 10.2 Å². The van der Waals surface area contributed by atoms with E-state index < -0.39 is 0 Å². The van der Waals surface area contributed by atoms with Crippen LogP contribution in [0.25, 0.3) is 0 Å². The summed E-state index contributed by atoms with van der Waals surface area (Å²) >= 11 is 2.66. The first-order chi connectivity index (χ1) is 16.1. The Morgan fingerprint density at radius 2 is 1.58 bits per heavy atom. The third-order valence-corrected chi connectivity index (χ3v) is 7.51. The molecular weight excluding hydrogens is 454 g/mol. The number of carbonyl (C=O) groups excluding carboxylic acids is 2. The number of carbonyl (C=O) groups is 2. The molecular formula is C24H27N5O2S2. The van der Waals surface area contributed by atoms with Gasteiger partial charge in [0.1, 0.15) is 0 Å². The molecule has 1 N–H and O–H groups in total. The van der Waals surface area contributed by atoms with E-state index in [1.54, 1.807) is 6.92 Å². The van der Waals surface area contributed by atoms with Crippen molar-refractivity contribution in [3.8, 4) is 0 Å². The minimum atomic E-state index is -0.0963. The van der Waals surface area contributed by atoms with Crippen molar-refractivity contribution in [1.29, 1.82) is 0 Å². The van der Waals surface area contributed by atoms with Crippen molar-refractivity contribution in [2.45, 2.75) is 23.7 Å². The van der Waals surface area contributed by atoms with Crippen molar-refractivity contribution in [2.24, 2.45) is 0 Å². The lowest BCUT2D eigenvalue weighted by molar-refractivity contribution is -0.130. The number of hydrogen-bond acceptors (Lipinski definition) is 7. The molecule has 1 aromatic heterocycles. The van der Waals surface area contributed by atoms with Gasteiger partial charge in [-0.05, 0) is 11.1 Å². The molecule has 1 aliphatic heterocycles. The first-order valence-electron chi connectivity index (χ1n) is 11.0. The van der Waals surface area contributed by atoms with Gasteiger partial charge in [0.15, 0.2) is 4.34 Å². The van der Waals surface area contributed by atoms with Crippen LogP contribution in [0, 0.1) is 0 Å². The van der Waals surface area contributed by atoms with Crippen LogP contribution in [-0.4, -0.2) is 63.7 Å². The number of aromatic nitrogens is 2. The molecule has 0 unspecified atom stereocenters.